The van der Waals surface area contributed by atoms with Crippen LogP contribution in [-0.2, 0) is 16.2 Å². The van der Waals surface area contributed by atoms with E-state index in [1.165, 1.54) is 16.4 Å². The van der Waals surface area contributed by atoms with E-state index in [1.807, 2.05) is 0 Å². The van der Waals surface area contributed by atoms with Gasteiger partial charge in [0.2, 0.25) is 10.0 Å². The third-order valence-corrected chi connectivity index (χ3v) is 6.22. The predicted molar refractivity (Wildman–Crippen MR) is 82.0 cm³/mol. The Hall–Kier alpha value is -0.830. The average molecular weight is 371 g/mol. The van der Waals surface area contributed by atoms with E-state index in [4.69, 9.17) is 0 Å². The molecule has 1 aromatic rings. The van der Waals surface area contributed by atoms with Crippen molar-refractivity contribution in [1.29, 1.82) is 0 Å². The molecule has 0 spiro atoms. The van der Waals surface area contributed by atoms with Crippen LogP contribution in [0.4, 0.5) is 13.2 Å². The minimum atomic E-state index is -4.69. The summed E-state index contributed by atoms with van der Waals surface area (Å²) in [5.41, 5.74) is -1.10. The summed E-state index contributed by atoms with van der Waals surface area (Å²) in [7, 11) is -4.15. The molecule has 2 atom stereocenters. The summed E-state index contributed by atoms with van der Waals surface area (Å²) in [5.74, 6) is 0. The van der Waals surface area contributed by atoms with Crippen LogP contribution < -0.4 is 5.32 Å². The third-order valence-electron chi connectivity index (χ3n) is 4.30. The second-order valence-corrected chi connectivity index (χ2v) is 7.69. The molecule has 2 aliphatic heterocycles. The number of sulfonamides is 1. The fraction of sp³-hybridized carbons (Fsp3) is 0.571. The van der Waals surface area contributed by atoms with Crippen molar-refractivity contribution >= 4 is 22.4 Å². The summed E-state index contributed by atoms with van der Waals surface area (Å²) in [5, 5.41) is 3.32. The predicted octanol–water partition coefficient (Wildman–Crippen LogP) is 2.64. The van der Waals surface area contributed by atoms with Crippen molar-refractivity contribution in [1.82, 2.24) is 9.62 Å². The number of hydrogen-bond acceptors (Lipinski definition) is 3. The number of alkyl halides is 3. The summed E-state index contributed by atoms with van der Waals surface area (Å²) < 4.78 is 65.8. The molecule has 4 nitrogen and oxygen atoms in total. The molecule has 2 fully saturated rings. The van der Waals surface area contributed by atoms with Crippen LogP contribution in [0.3, 0.4) is 0 Å². The Kier molecular flexibility index (Phi) is 5.30. The van der Waals surface area contributed by atoms with Crippen LogP contribution in [0.5, 0.6) is 0 Å². The minimum absolute atomic E-state index is 0. The van der Waals surface area contributed by atoms with Crippen LogP contribution in [0.25, 0.3) is 0 Å². The summed E-state index contributed by atoms with van der Waals surface area (Å²) in [6.45, 7) is 0.480. The quantitative estimate of drug-likeness (QED) is 0.870. The molecule has 0 amide bonds. The lowest BCUT2D eigenvalue weighted by atomic mass is 10.1. The van der Waals surface area contributed by atoms with Gasteiger partial charge in [0.1, 0.15) is 0 Å². The van der Waals surface area contributed by atoms with Crippen molar-refractivity contribution in [2.75, 3.05) is 13.1 Å². The molecular weight excluding hydrogens is 353 g/mol. The first kappa shape index (κ1) is 18.5. The molecule has 2 aliphatic rings. The monoisotopic (exact) mass is 370 g/mol. The third kappa shape index (κ3) is 3.65. The molecule has 0 aromatic heterocycles. The molecule has 0 saturated carbocycles. The van der Waals surface area contributed by atoms with Crippen molar-refractivity contribution in [2.45, 2.75) is 42.4 Å². The SMILES string of the molecule is Cl.O=S(=O)(c1ccccc1C(F)(F)F)N1CCC2CCC(C1)N2. The number of nitrogens with zero attached hydrogens (tertiary/aromatic N) is 1. The maximum atomic E-state index is 13.1. The Morgan fingerprint density at radius 2 is 1.74 bits per heavy atom. The van der Waals surface area contributed by atoms with Gasteiger partial charge in [0.15, 0.2) is 0 Å². The number of fused-ring (bicyclic) bond motifs is 2. The average Bonchev–Trinajstić information content (AvgIpc) is 2.76. The Morgan fingerprint density at radius 3 is 2.43 bits per heavy atom. The highest BCUT2D eigenvalue weighted by atomic mass is 35.5. The van der Waals surface area contributed by atoms with Gasteiger partial charge < -0.3 is 5.32 Å². The van der Waals surface area contributed by atoms with Gasteiger partial charge in [-0.3, -0.25) is 0 Å². The van der Waals surface area contributed by atoms with Crippen molar-refractivity contribution in [2.24, 2.45) is 0 Å². The molecule has 1 aromatic carbocycles. The normalized spacial score (nSPS) is 25.7. The summed E-state index contributed by atoms with van der Waals surface area (Å²) in [4.78, 5) is -0.653. The summed E-state index contributed by atoms with van der Waals surface area (Å²) in [6.07, 6.45) is -2.20. The highest BCUT2D eigenvalue weighted by molar-refractivity contribution is 7.89. The lowest BCUT2D eigenvalue weighted by molar-refractivity contribution is -0.139. The zero-order chi connectivity index (χ0) is 16.0. The van der Waals surface area contributed by atoms with Crippen LogP contribution in [0.1, 0.15) is 24.8 Å². The topological polar surface area (TPSA) is 49.4 Å². The Balaban J connectivity index is 0.00000192. The van der Waals surface area contributed by atoms with Gasteiger partial charge in [0, 0.05) is 25.2 Å². The van der Waals surface area contributed by atoms with Gasteiger partial charge in [-0.1, -0.05) is 12.1 Å². The molecule has 2 bridgehead atoms. The number of benzene rings is 1. The van der Waals surface area contributed by atoms with Crippen LogP contribution in [0.2, 0.25) is 0 Å². The highest BCUT2D eigenvalue weighted by Gasteiger charge is 2.40. The number of halogens is 4. The molecular formula is C14H18ClF3N2O2S. The lowest BCUT2D eigenvalue weighted by Gasteiger charge is -2.25. The van der Waals surface area contributed by atoms with Gasteiger partial charge in [0.25, 0.3) is 0 Å². The maximum Gasteiger partial charge on any atom is 0.417 e. The fourth-order valence-corrected chi connectivity index (χ4v) is 4.91. The van der Waals surface area contributed by atoms with Crippen LogP contribution in [0.15, 0.2) is 29.2 Å². The van der Waals surface area contributed by atoms with Crippen LogP contribution in [0, 0.1) is 0 Å². The highest BCUT2D eigenvalue weighted by Crippen LogP contribution is 2.35. The number of nitrogens with one attached hydrogen (secondary N) is 1. The standard InChI is InChI=1S/C14H17F3N2O2S.ClH/c15-14(16,17)12-3-1-2-4-13(12)22(20,21)19-8-7-10-5-6-11(9-19)18-10;/h1-4,10-11,18H,5-9H2;1H. The van der Waals surface area contributed by atoms with Gasteiger partial charge in [-0.2, -0.15) is 17.5 Å². The molecule has 2 unspecified atom stereocenters. The zero-order valence-electron chi connectivity index (χ0n) is 12.2. The van der Waals surface area contributed by atoms with Crippen LogP contribution >= 0.6 is 12.4 Å². The van der Waals surface area contributed by atoms with Crippen molar-refractivity contribution < 1.29 is 21.6 Å². The molecule has 2 saturated heterocycles. The zero-order valence-corrected chi connectivity index (χ0v) is 13.8. The van der Waals surface area contributed by atoms with Crippen molar-refractivity contribution in [3.8, 4) is 0 Å². The van der Waals surface area contributed by atoms with E-state index in [0.29, 0.717) is 6.42 Å². The molecule has 1 N–H and O–H groups in total. The van der Waals surface area contributed by atoms with Gasteiger partial charge >= 0.3 is 6.18 Å². The molecule has 130 valence electrons. The van der Waals surface area contributed by atoms with Crippen molar-refractivity contribution in [3.63, 3.8) is 0 Å². The second-order valence-electron chi connectivity index (χ2n) is 5.78. The Morgan fingerprint density at radius 1 is 1.09 bits per heavy atom. The number of hydrogen-bond donors (Lipinski definition) is 1. The van der Waals surface area contributed by atoms with Gasteiger partial charge in [-0.25, -0.2) is 8.42 Å². The van der Waals surface area contributed by atoms with E-state index >= 15 is 0 Å². The molecule has 9 heteroatoms. The second kappa shape index (κ2) is 6.58. The Bertz CT molecular complexity index is 666. The van der Waals surface area contributed by atoms with Gasteiger partial charge in [-0.15, -0.1) is 12.4 Å². The van der Waals surface area contributed by atoms with Crippen molar-refractivity contribution in [3.05, 3.63) is 29.8 Å². The first-order chi connectivity index (χ1) is 10.3. The number of rotatable bonds is 2. The molecule has 2 heterocycles. The maximum absolute atomic E-state index is 13.1. The first-order valence-corrected chi connectivity index (χ1v) is 8.65. The molecule has 0 radical (unpaired) electrons. The van der Waals surface area contributed by atoms with Gasteiger partial charge in [0.05, 0.1) is 10.5 Å². The van der Waals surface area contributed by atoms with Crippen LogP contribution in [-0.4, -0.2) is 37.9 Å². The first-order valence-electron chi connectivity index (χ1n) is 7.21. The van der Waals surface area contributed by atoms with Gasteiger partial charge in [-0.05, 0) is 31.4 Å². The molecule has 0 aliphatic carbocycles. The minimum Gasteiger partial charge on any atom is -0.310 e. The molecule has 23 heavy (non-hydrogen) atoms. The fourth-order valence-electron chi connectivity index (χ4n) is 3.19. The smallest absolute Gasteiger partial charge is 0.310 e. The van der Waals surface area contributed by atoms with E-state index < -0.39 is 26.7 Å². The van der Waals surface area contributed by atoms with E-state index in [2.05, 4.69) is 5.32 Å². The van der Waals surface area contributed by atoms with E-state index in [-0.39, 0.29) is 37.6 Å². The summed E-state index contributed by atoms with van der Waals surface area (Å²) >= 11 is 0. The van der Waals surface area contributed by atoms with E-state index in [1.54, 1.807) is 0 Å². The summed E-state index contributed by atoms with van der Waals surface area (Å²) in [6, 6.07) is 4.67. The largest absolute Gasteiger partial charge is 0.417 e. The van der Waals surface area contributed by atoms with E-state index in [0.717, 1.165) is 25.0 Å². The lowest BCUT2D eigenvalue weighted by Crippen LogP contribution is -2.39. The molecule has 3 rings (SSSR count). The Labute approximate surface area is 139 Å². The van der Waals surface area contributed by atoms with E-state index in [9.17, 15) is 21.6 Å².